The third-order valence-corrected chi connectivity index (χ3v) is 5.33. The number of aryl methyl sites for hydroxylation is 1. The molecule has 1 aromatic rings. The number of benzene rings is 1. The van der Waals surface area contributed by atoms with Crippen LogP contribution in [0.25, 0.3) is 0 Å². The van der Waals surface area contributed by atoms with Crippen molar-refractivity contribution in [2.75, 3.05) is 13.1 Å². The normalized spacial score (nSPS) is 15.2. The van der Waals surface area contributed by atoms with Crippen molar-refractivity contribution in [2.45, 2.75) is 31.3 Å². The van der Waals surface area contributed by atoms with Crippen molar-refractivity contribution in [3.63, 3.8) is 0 Å². The Labute approximate surface area is 124 Å². The van der Waals surface area contributed by atoms with E-state index in [0.717, 1.165) is 12.8 Å². The van der Waals surface area contributed by atoms with E-state index in [-0.39, 0.29) is 22.6 Å². The Morgan fingerprint density at radius 2 is 2.14 bits per heavy atom. The number of aliphatic hydroxyl groups excluding tert-OH is 1. The molecule has 6 heteroatoms. The average Bonchev–Trinajstić information content (AvgIpc) is 3.25. The fourth-order valence-corrected chi connectivity index (χ4v) is 3.72. The number of sulfonamides is 1. The summed E-state index contributed by atoms with van der Waals surface area (Å²) in [6.07, 6.45) is 7.26. The van der Waals surface area contributed by atoms with Gasteiger partial charge in [-0.05, 0) is 43.4 Å². The fraction of sp³-hybridized carbons (Fsp3) is 0.467. The molecule has 0 saturated heterocycles. The monoisotopic (exact) mass is 311 g/mol. The molecule has 0 atom stereocenters. The Morgan fingerprint density at radius 3 is 2.67 bits per heavy atom. The fourth-order valence-electron chi connectivity index (χ4n) is 2.16. The summed E-state index contributed by atoms with van der Waals surface area (Å²) in [7, 11) is -3.78. The third kappa shape index (κ3) is 3.43. The summed E-state index contributed by atoms with van der Waals surface area (Å²) in [5.41, 5.74) is 0.160. The first kappa shape index (κ1) is 16.0. The predicted octanol–water partition coefficient (Wildman–Crippen LogP) is 1.66. The van der Waals surface area contributed by atoms with Gasteiger partial charge < -0.3 is 5.11 Å². The lowest BCUT2D eigenvalue weighted by Crippen LogP contribution is -2.33. The van der Waals surface area contributed by atoms with Gasteiger partial charge in [0.05, 0.1) is 18.0 Å². The summed E-state index contributed by atoms with van der Waals surface area (Å²) < 4.78 is 40.3. The first-order chi connectivity index (χ1) is 9.90. The van der Waals surface area contributed by atoms with Gasteiger partial charge in [0.15, 0.2) is 0 Å². The first-order valence-corrected chi connectivity index (χ1v) is 8.17. The molecule has 1 fully saturated rings. The maximum absolute atomic E-state index is 13.7. The molecule has 1 aliphatic rings. The van der Waals surface area contributed by atoms with Gasteiger partial charge in [0, 0.05) is 12.1 Å². The molecule has 0 heterocycles. The summed E-state index contributed by atoms with van der Waals surface area (Å²) >= 11 is 0. The van der Waals surface area contributed by atoms with Crippen molar-refractivity contribution in [2.24, 2.45) is 5.92 Å². The highest BCUT2D eigenvalue weighted by molar-refractivity contribution is 7.89. The molecule has 0 unspecified atom stereocenters. The number of rotatable bonds is 6. The Kier molecular flexibility index (Phi) is 4.67. The molecule has 4 nitrogen and oxygen atoms in total. The van der Waals surface area contributed by atoms with Crippen molar-refractivity contribution in [3.05, 3.63) is 29.1 Å². The van der Waals surface area contributed by atoms with Crippen LogP contribution in [0.15, 0.2) is 17.0 Å². The van der Waals surface area contributed by atoms with E-state index >= 15 is 0 Å². The lowest BCUT2D eigenvalue weighted by Gasteiger charge is -2.20. The largest absolute Gasteiger partial charge is 0.392 e. The highest BCUT2D eigenvalue weighted by atomic mass is 32.2. The van der Waals surface area contributed by atoms with Crippen molar-refractivity contribution >= 4 is 10.0 Å². The molecule has 0 aliphatic heterocycles. The van der Waals surface area contributed by atoms with Crippen molar-refractivity contribution in [1.29, 1.82) is 0 Å². The molecule has 1 saturated carbocycles. The van der Waals surface area contributed by atoms with Crippen LogP contribution in [0.4, 0.5) is 4.39 Å². The van der Waals surface area contributed by atoms with Gasteiger partial charge in [-0.2, -0.15) is 4.31 Å². The Morgan fingerprint density at radius 1 is 1.48 bits per heavy atom. The minimum Gasteiger partial charge on any atom is -0.392 e. The first-order valence-electron chi connectivity index (χ1n) is 6.73. The Hall–Kier alpha value is -1.42. The second kappa shape index (κ2) is 6.14. The van der Waals surface area contributed by atoms with E-state index < -0.39 is 22.4 Å². The topological polar surface area (TPSA) is 57.6 Å². The Bertz CT molecular complexity index is 675. The number of hydrogen-bond donors (Lipinski definition) is 1. The van der Waals surface area contributed by atoms with Crippen molar-refractivity contribution < 1.29 is 17.9 Å². The van der Waals surface area contributed by atoms with E-state index in [1.807, 2.05) is 0 Å². The van der Waals surface area contributed by atoms with Gasteiger partial charge in [-0.25, -0.2) is 12.8 Å². The standard InChI is InChI=1S/C15H18FNO3S/c1-3-6-17(9-12-4-5-12)21(19,20)14-7-11(2)15(16)13(8-14)10-18/h1,7-8,12,18H,4-6,9-10H2,2H3. The SMILES string of the molecule is C#CCN(CC1CC1)S(=O)(=O)c1cc(C)c(F)c(CO)c1. The van der Waals surface area contributed by atoms with Crippen LogP contribution in [0.3, 0.4) is 0 Å². The van der Waals surface area contributed by atoms with Crippen LogP contribution in [0.5, 0.6) is 0 Å². The van der Waals surface area contributed by atoms with E-state index in [0.29, 0.717) is 12.5 Å². The predicted molar refractivity (Wildman–Crippen MR) is 77.4 cm³/mol. The number of aliphatic hydroxyl groups is 1. The Balaban J connectivity index is 2.41. The lowest BCUT2D eigenvalue weighted by molar-refractivity contribution is 0.275. The summed E-state index contributed by atoms with van der Waals surface area (Å²) in [6, 6.07) is 2.45. The zero-order chi connectivity index (χ0) is 15.6. The highest BCUT2D eigenvalue weighted by Crippen LogP contribution is 2.32. The van der Waals surface area contributed by atoms with Crippen LogP contribution in [0.2, 0.25) is 0 Å². The van der Waals surface area contributed by atoms with Crippen LogP contribution >= 0.6 is 0 Å². The van der Waals surface area contributed by atoms with E-state index in [9.17, 15) is 12.8 Å². The molecule has 21 heavy (non-hydrogen) atoms. The number of hydrogen-bond acceptors (Lipinski definition) is 3. The molecule has 1 aromatic carbocycles. The second-order valence-corrected chi connectivity index (χ2v) is 7.25. The third-order valence-electron chi connectivity index (χ3n) is 3.54. The number of nitrogens with zero attached hydrogens (tertiary/aromatic N) is 1. The highest BCUT2D eigenvalue weighted by Gasteiger charge is 2.31. The minimum atomic E-state index is -3.78. The molecule has 2 rings (SSSR count). The molecular weight excluding hydrogens is 293 g/mol. The molecule has 0 bridgehead atoms. The molecule has 0 spiro atoms. The van der Waals surface area contributed by atoms with Crippen molar-refractivity contribution in [1.82, 2.24) is 4.31 Å². The average molecular weight is 311 g/mol. The van der Waals surface area contributed by atoms with E-state index in [2.05, 4.69) is 5.92 Å². The summed E-state index contributed by atoms with van der Waals surface area (Å²) in [5.74, 6) is 2.13. The van der Waals surface area contributed by atoms with Gasteiger partial charge in [-0.1, -0.05) is 5.92 Å². The molecule has 1 N–H and O–H groups in total. The van der Waals surface area contributed by atoms with Gasteiger partial charge in [0.2, 0.25) is 10.0 Å². The molecule has 0 aromatic heterocycles. The summed E-state index contributed by atoms with van der Waals surface area (Å²) in [6.45, 7) is 1.30. The zero-order valence-electron chi connectivity index (χ0n) is 11.8. The maximum atomic E-state index is 13.7. The van der Waals surface area contributed by atoms with Crippen LogP contribution in [-0.4, -0.2) is 30.9 Å². The van der Waals surface area contributed by atoms with Gasteiger partial charge in [-0.3, -0.25) is 0 Å². The molecule has 114 valence electrons. The van der Waals surface area contributed by atoms with E-state index in [1.54, 1.807) is 0 Å². The van der Waals surface area contributed by atoms with Crippen LogP contribution in [-0.2, 0) is 16.6 Å². The van der Waals surface area contributed by atoms with E-state index in [4.69, 9.17) is 11.5 Å². The second-order valence-electron chi connectivity index (χ2n) is 5.32. The quantitative estimate of drug-likeness (QED) is 0.813. The molecule has 0 radical (unpaired) electrons. The zero-order valence-corrected chi connectivity index (χ0v) is 12.7. The molecular formula is C15H18FNO3S. The molecule has 0 amide bonds. The van der Waals surface area contributed by atoms with Gasteiger partial charge >= 0.3 is 0 Å². The number of terminal acetylenes is 1. The van der Waals surface area contributed by atoms with Crippen molar-refractivity contribution in [3.8, 4) is 12.3 Å². The summed E-state index contributed by atoms with van der Waals surface area (Å²) in [4.78, 5) is -0.0265. The smallest absolute Gasteiger partial charge is 0.243 e. The van der Waals surface area contributed by atoms with Gasteiger partial charge in [-0.15, -0.1) is 6.42 Å². The van der Waals surface area contributed by atoms with Crippen LogP contribution < -0.4 is 0 Å². The minimum absolute atomic E-state index is 0.0102. The molecule has 1 aliphatic carbocycles. The van der Waals surface area contributed by atoms with Gasteiger partial charge in [0.25, 0.3) is 0 Å². The van der Waals surface area contributed by atoms with Crippen LogP contribution in [0.1, 0.15) is 24.0 Å². The number of halogens is 1. The van der Waals surface area contributed by atoms with E-state index in [1.165, 1.54) is 23.4 Å². The van der Waals surface area contributed by atoms with Gasteiger partial charge in [0.1, 0.15) is 5.82 Å². The van der Waals surface area contributed by atoms with Crippen LogP contribution in [0, 0.1) is 31.0 Å². The maximum Gasteiger partial charge on any atom is 0.243 e. The summed E-state index contributed by atoms with van der Waals surface area (Å²) in [5, 5.41) is 9.15. The lowest BCUT2D eigenvalue weighted by atomic mass is 10.1.